The van der Waals surface area contributed by atoms with Gasteiger partial charge in [0.05, 0.1) is 5.69 Å². The van der Waals surface area contributed by atoms with Gasteiger partial charge in [0.1, 0.15) is 11.7 Å². The number of carbonyl (C=O) groups excluding carboxylic acids is 1. The number of rotatable bonds is 5. The van der Waals surface area contributed by atoms with Gasteiger partial charge in [-0.1, -0.05) is 24.0 Å². The Morgan fingerprint density at radius 2 is 2.08 bits per heavy atom. The molecule has 2 atom stereocenters. The molecule has 9 heteroatoms. The molecule has 4 heterocycles. The van der Waals surface area contributed by atoms with Gasteiger partial charge in [-0.2, -0.15) is 5.10 Å². The van der Waals surface area contributed by atoms with Gasteiger partial charge in [0, 0.05) is 54.6 Å². The van der Waals surface area contributed by atoms with Gasteiger partial charge in [0.25, 0.3) is 0 Å². The van der Waals surface area contributed by atoms with Gasteiger partial charge in [-0.05, 0) is 70.4 Å². The third-order valence-electron chi connectivity index (χ3n) is 7.44. The minimum Gasteiger partial charge on any atom is -0.482 e. The number of carbonyl (C=O) groups is 1. The van der Waals surface area contributed by atoms with E-state index in [2.05, 4.69) is 32.9 Å². The van der Waals surface area contributed by atoms with Crippen LogP contribution in [-0.4, -0.2) is 56.0 Å². The Morgan fingerprint density at radius 1 is 1.28 bits per heavy atom. The van der Waals surface area contributed by atoms with Crippen LogP contribution in [0.5, 0.6) is 5.75 Å². The Kier molecular flexibility index (Phi) is 7.00. The smallest absolute Gasteiger partial charge is 0.317 e. The summed E-state index contributed by atoms with van der Waals surface area (Å²) < 4.78 is 8.32. The minimum absolute atomic E-state index is 0.000949. The van der Waals surface area contributed by atoms with Crippen LogP contribution >= 0.6 is 0 Å². The van der Waals surface area contributed by atoms with Crippen LogP contribution in [-0.2, 0) is 12.0 Å². The van der Waals surface area contributed by atoms with Gasteiger partial charge in [-0.15, -0.1) is 0 Å². The molecule has 2 aromatic heterocycles. The van der Waals surface area contributed by atoms with Crippen molar-refractivity contribution in [2.75, 3.05) is 25.4 Å². The molecule has 1 spiro atoms. The van der Waals surface area contributed by atoms with Gasteiger partial charge in [-0.25, -0.2) is 9.78 Å². The van der Waals surface area contributed by atoms with Crippen LogP contribution in [0.4, 0.5) is 10.6 Å². The quantitative estimate of drug-likeness (QED) is 0.433. The molecule has 2 amide bonds. The summed E-state index contributed by atoms with van der Waals surface area (Å²) in [5.74, 6) is 6.64. The second kappa shape index (κ2) is 10.3. The first-order valence-corrected chi connectivity index (χ1v) is 13.5. The molecule has 4 N–H and O–H groups in total. The number of pyridine rings is 1. The van der Waals surface area contributed by atoms with E-state index in [0.29, 0.717) is 24.7 Å². The maximum Gasteiger partial charge on any atom is 0.317 e. The Morgan fingerprint density at radius 3 is 2.85 bits per heavy atom. The third-order valence-corrected chi connectivity index (χ3v) is 7.44. The van der Waals surface area contributed by atoms with Crippen molar-refractivity contribution >= 4 is 11.8 Å². The first-order chi connectivity index (χ1) is 18.6. The number of hydrogen-bond donors (Lipinski definition) is 3. The molecule has 1 saturated heterocycles. The number of nitrogens with one attached hydrogen (secondary N) is 1. The molecule has 39 heavy (non-hydrogen) atoms. The lowest BCUT2D eigenvalue weighted by Crippen LogP contribution is -2.40. The number of aromatic nitrogens is 3. The second-order valence-corrected chi connectivity index (χ2v) is 11.0. The number of benzene rings is 1. The summed E-state index contributed by atoms with van der Waals surface area (Å²) in [6.45, 7) is 10.1. The number of nitrogens with two attached hydrogens (primary N) is 1. The highest BCUT2D eigenvalue weighted by Gasteiger charge is 2.46. The molecule has 0 radical (unpaired) electrons. The fourth-order valence-corrected chi connectivity index (χ4v) is 5.37. The van der Waals surface area contributed by atoms with E-state index in [1.54, 1.807) is 20.0 Å². The van der Waals surface area contributed by atoms with Crippen molar-refractivity contribution in [2.45, 2.75) is 64.2 Å². The summed E-state index contributed by atoms with van der Waals surface area (Å²) in [5, 5.41) is 17.7. The van der Waals surface area contributed by atoms with Crippen molar-refractivity contribution in [3.05, 3.63) is 59.4 Å². The van der Waals surface area contributed by atoms with Crippen LogP contribution in [0, 0.1) is 11.8 Å². The lowest BCUT2D eigenvalue weighted by atomic mass is 9.82. The Bertz CT molecular complexity index is 1450. The number of likely N-dealkylation sites (tertiary alicyclic amines) is 1. The highest BCUT2D eigenvalue weighted by molar-refractivity contribution is 5.75. The molecule has 0 saturated carbocycles. The molecule has 1 unspecified atom stereocenters. The molecule has 2 aliphatic rings. The first kappa shape index (κ1) is 26.6. The SMILES string of the molecule is CCNC(=O)N1CC[C@@]2(CCn3nc(-c4cnc(N)c(OC(C)c5cccc(C#CC(C)(C)O)c5)c4)cc32)C1. The number of nitrogen functional groups attached to an aromatic ring is 1. The first-order valence-electron chi connectivity index (χ1n) is 13.5. The summed E-state index contributed by atoms with van der Waals surface area (Å²) >= 11 is 0. The van der Waals surface area contributed by atoms with Crippen molar-refractivity contribution in [3.63, 3.8) is 0 Å². The standard InChI is InChI=1S/C30H36N6O3/c1-5-32-28(37)35-13-11-30(19-35)12-14-36-26(30)17-24(34-36)23-16-25(27(31)33-18-23)39-20(2)22-8-6-7-21(15-22)9-10-29(3,4)38/h6-8,15-18,20,38H,5,11-14,19H2,1-4H3,(H2,31,33)(H,32,37)/t20?,30-/m1/s1. The molecule has 9 nitrogen and oxygen atoms in total. The van der Waals surface area contributed by atoms with Gasteiger partial charge in [0.15, 0.2) is 11.6 Å². The number of hydrogen-bond acceptors (Lipinski definition) is 6. The molecular weight excluding hydrogens is 492 g/mol. The van der Waals surface area contributed by atoms with E-state index >= 15 is 0 Å². The van der Waals surface area contributed by atoms with Crippen LogP contribution in [0.3, 0.4) is 0 Å². The summed E-state index contributed by atoms with van der Waals surface area (Å²) in [7, 11) is 0. The van der Waals surface area contributed by atoms with Gasteiger partial charge in [0.2, 0.25) is 0 Å². The summed E-state index contributed by atoms with van der Waals surface area (Å²) in [4.78, 5) is 18.7. The molecule has 5 rings (SSSR count). The van der Waals surface area contributed by atoms with E-state index in [-0.39, 0.29) is 17.6 Å². The molecule has 0 aliphatic carbocycles. The zero-order chi connectivity index (χ0) is 27.8. The van der Waals surface area contributed by atoms with E-state index in [4.69, 9.17) is 15.6 Å². The normalized spacial score (nSPS) is 18.9. The lowest BCUT2D eigenvalue weighted by molar-refractivity contribution is 0.143. The molecule has 2 aliphatic heterocycles. The average molecular weight is 529 g/mol. The molecule has 1 fully saturated rings. The fourth-order valence-electron chi connectivity index (χ4n) is 5.37. The second-order valence-electron chi connectivity index (χ2n) is 11.0. The molecule has 1 aromatic carbocycles. The molecule has 3 aromatic rings. The monoisotopic (exact) mass is 528 g/mol. The van der Waals surface area contributed by atoms with Crippen LogP contribution in [0.1, 0.15) is 63.5 Å². The predicted octanol–water partition coefficient (Wildman–Crippen LogP) is 3.87. The van der Waals surface area contributed by atoms with Crippen molar-refractivity contribution in [3.8, 4) is 28.8 Å². The maximum absolute atomic E-state index is 12.4. The number of aryl methyl sites for hydroxylation is 1. The number of aliphatic hydroxyl groups is 1. The van der Waals surface area contributed by atoms with Crippen molar-refractivity contribution in [2.24, 2.45) is 0 Å². The highest BCUT2D eigenvalue weighted by atomic mass is 16.5. The van der Waals surface area contributed by atoms with Crippen LogP contribution < -0.4 is 15.8 Å². The number of fused-ring (bicyclic) bond motifs is 2. The van der Waals surface area contributed by atoms with E-state index in [0.717, 1.165) is 48.3 Å². The zero-order valence-electron chi connectivity index (χ0n) is 23.0. The highest BCUT2D eigenvalue weighted by Crippen LogP contribution is 2.44. The van der Waals surface area contributed by atoms with E-state index in [1.807, 2.05) is 49.1 Å². The van der Waals surface area contributed by atoms with Crippen molar-refractivity contribution in [1.82, 2.24) is 25.0 Å². The average Bonchev–Trinajstić information content (AvgIpc) is 3.61. The predicted molar refractivity (Wildman–Crippen MR) is 150 cm³/mol. The van der Waals surface area contributed by atoms with Gasteiger partial charge < -0.3 is 25.8 Å². The topological polar surface area (TPSA) is 119 Å². The number of amides is 2. The Hall–Kier alpha value is -4.03. The van der Waals surface area contributed by atoms with Gasteiger partial charge >= 0.3 is 6.03 Å². The third kappa shape index (κ3) is 5.57. The molecular formula is C30H36N6O3. The Labute approximate surface area is 229 Å². The largest absolute Gasteiger partial charge is 0.482 e. The van der Waals surface area contributed by atoms with Crippen molar-refractivity contribution < 1.29 is 14.6 Å². The number of nitrogens with zero attached hydrogens (tertiary/aromatic N) is 4. The molecule has 0 bridgehead atoms. The summed E-state index contributed by atoms with van der Waals surface area (Å²) in [6, 6.07) is 11.7. The van der Waals surface area contributed by atoms with E-state index in [9.17, 15) is 9.90 Å². The van der Waals surface area contributed by atoms with Crippen LogP contribution in [0.15, 0.2) is 42.6 Å². The van der Waals surface area contributed by atoms with E-state index in [1.165, 1.54) is 5.69 Å². The van der Waals surface area contributed by atoms with E-state index < -0.39 is 5.60 Å². The fraction of sp³-hybridized carbons (Fsp3) is 0.433. The maximum atomic E-state index is 12.4. The summed E-state index contributed by atoms with van der Waals surface area (Å²) in [5.41, 5.74) is 9.61. The Balaban J connectivity index is 1.35. The zero-order valence-corrected chi connectivity index (χ0v) is 23.0. The number of anilines is 1. The minimum atomic E-state index is -1.06. The summed E-state index contributed by atoms with van der Waals surface area (Å²) in [6.07, 6.45) is 3.33. The lowest BCUT2D eigenvalue weighted by Gasteiger charge is -2.23. The van der Waals surface area contributed by atoms with Crippen LogP contribution in [0.2, 0.25) is 0 Å². The number of urea groups is 1. The molecule has 204 valence electrons. The number of ether oxygens (including phenoxy) is 1. The van der Waals surface area contributed by atoms with Crippen LogP contribution in [0.25, 0.3) is 11.3 Å². The van der Waals surface area contributed by atoms with Gasteiger partial charge in [-0.3, -0.25) is 4.68 Å². The van der Waals surface area contributed by atoms with Crippen molar-refractivity contribution in [1.29, 1.82) is 0 Å².